The van der Waals surface area contributed by atoms with Gasteiger partial charge in [-0.25, -0.2) is 0 Å². The van der Waals surface area contributed by atoms with Gasteiger partial charge in [0.1, 0.15) is 0 Å². The van der Waals surface area contributed by atoms with Gasteiger partial charge in [0, 0.05) is 0 Å². The van der Waals surface area contributed by atoms with Crippen molar-refractivity contribution in [2.75, 3.05) is 20.3 Å². The zero-order chi connectivity index (χ0) is 20.8. The Morgan fingerprint density at radius 2 is 1.60 bits per heavy atom. The Labute approximate surface area is 182 Å². The van der Waals surface area contributed by atoms with E-state index < -0.39 is 6.10 Å². The van der Waals surface area contributed by atoms with Crippen LogP contribution in [0.2, 0.25) is 10.4 Å². The molecule has 1 heterocycles. The van der Waals surface area contributed by atoms with Crippen LogP contribution in [0.5, 0.6) is 17.2 Å². The molecule has 5 nitrogen and oxygen atoms in total. The van der Waals surface area contributed by atoms with E-state index in [-0.39, 0.29) is 15.8 Å². The molecule has 30 heavy (non-hydrogen) atoms. The fourth-order valence-corrected chi connectivity index (χ4v) is 5.12. The van der Waals surface area contributed by atoms with Gasteiger partial charge in [-0.1, -0.05) is 0 Å². The number of hydrogen-bond acceptors (Lipinski definition) is 4. The van der Waals surface area contributed by atoms with Crippen LogP contribution >= 0.6 is 0 Å². The number of para-hydroxylation sites is 3. The van der Waals surface area contributed by atoms with Crippen molar-refractivity contribution in [3.05, 3.63) is 66.7 Å². The van der Waals surface area contributed by atoms with Crippen LogP contribution in [-0.2, 0) is 0 Å². The quantitative estimate of drug-likeness (QED) is 0.263. The molecule has 155 valence electrons. The Kier molecular flexibility index (Phi) is 6.83. The number of aliphatic hydroxyl groups is 1. The Morgan fingerprint density at radius 3 is 2.47 bits per heavy atom. The molecule has 0 bridgehead atoms. The number of aliphatic hydroxyl groups excluding tert-OH is 1. The third-order valence-electron chi connectivity index (χ3n) is 4.84. The fourth-order valence-electron chi connectivity index (χ4n) is 3.43. The van der Waals surface area contributed by atoms with E-state index in [0.717, 1.165) is 49.5 Å². The molecule has 4 aromatic rings. The molecule has 0 saturated carbocycles. The molecule has 1 aromatic heterocycles. The van der Waals surface area contributed by atoms with E-state index in [1.54, 1.807) is 7.11 Å². The predicted octanol–water partition coefficient (Wildman–Crippen LogP) is 4.69. The third kappa shape index (κ3) is 4.75. The molecular formula is C24H25AsNO4. The normalized spacial score (nSPS) is 12.6. The van der Waals surface area contributed by atoms with Gasteiger partial charge < -0.3 is 0 Å². The summed E-state index contributed by atoms with van der Waals surface area (Å²) in [4.78, 5) is 3.42. The number of aromatic amines is 1. The zero-order valence-corrected chi connectivity index (χ0v) is 18.8. The summed E-state index contributed by atoms with van der Waals surface area (Å²) in [6, 6.07) is 21.8. The first-order chi connectivity index (χ1) is 14.8. The van der Waals surface area contributed by atoms with E-state index in [9.17, 15) is 5.11 Å². The minimum absolute atomic E-state index is 0.0160. The van der Waals surface area contributed by atoms with Gasteiger partial charge in [-0.3, -0.25) is 0 Å². The molecular weight excluding hydrogens is 441 g/mol. The van der Waals surface area contributed by atoms with Crippen molar-refractivity contribution in [2.45, 2.75) is 16.5 Å². The van der Waals surface area contributed by atoms with Gasteiger partial charge in [-0.15, -0.1) is 0 Å². The van der Waals surface area contributed by atoms with Crippen LogP contribution in [0, 0.1) is 0 Å². The first-order valence-corrected chi connectivity index (χ1v) is 12.6. The van der Waals surface area contributed by atoms with E-state index in [0.29, 0.717) is 13.2 Å². The molecule has 0 aliphatic heterocycles. The summed E-state index contributed by atoms with van der Waals surface area (Å²) in [7, 11) is 1.64. The van der Waals surface area contributed by atoms with Gasteiger partial charge in [0.2, 0.25) is 0 Å². The van der Waals surface area contributed by atoms with E-state index in [2.05, 4.69) is 17.1 Å². The second-order valence-electron chi connectivity index (χ2n) is 6.94. The van der Waals surface area contributed by atoms with E-state index in [4.69, 9.17) is 14.2 Å². The maximum absolute atomic E-state index is 10.4. The molecule has 0 aliphatic rings. The molecule has 1 radical (unpaired) electrons. The Bertz CT molecular complexity index is 1110. The van der Waals surface area contributed by atoms with E-state index in [1.807, 2.05) is 54.6 Å². The Morgan fingerprint density at radius 1 is 0.867 bits per heavy atom. The van der Waals surface area contributed by atoms with Crippen molar-refractivity contribution in [3.8, 4) is 17.2 Å². The standard InChI is InChI=1S/C24H25AsNO4/c1-28-21-10-4-5-11-22(21)29-14-13-25-15-17(27)16-30-23-12-6-9-20-24(23)18-7-2-3-8-19(18)26-20/h2-12,17,26-27H,13-16H2,1H3. The Balaban J connectivity index is 1.26. The summed E-state index contributed by atoms with van der Waals surface area (Å²) in [5.41, 5.74) is 2.13. The number of hydrogen-bond donors (Lipinski definition) is 2. The summed E-state index contributed by atoms with van der Waals surface area (Å²) in [6.07, 6.45) is -0.475. The summed E-state index contributed by atoms with van der Waals surface area (Å²) in [5.74, 6) is 2.31. The molecule has 6 heteroatoms. The number of methoxy groups -OCH3 is 1. The third-order valence-corrected chi connectivity index (χ3v) is 7.31. The SMILES string of the molecule is COc1ccccc1OCC[As]CC(O)COc1cccc2[nH]c3ccccc3c12. The molecule has 0 spiro atoms. The molecule has 2 N–H and O–H groups in total. The number of nitrogens with one attached hydrogen (secondary N) is 1. The summed E-state index contributed by atoms with van der Waals surface area (Å²) >= 11 is -0.0160. The first-order valence-electron chi connectivity index (χ1n) is 9.95. The number of aromatic nitrogens is 1. The van der Waals surface area contributed by atoms with Crippen molar-refractivity contribution in [3.63, 3.8) is 0 Å². The second kappa shape index (κ2) is 9.92. The van der Waals surface area contributed by atoms with Gasteiger partial charge in [0.05, 0.1) is 0 Å². The number of ether oxygens (including phenoxy) is 3. The first kappa shape index (κ1) is 20.6. The maximum atomic E-state index is 10.4. The van der Waals surface area contributed by atoms with Gasteiger partial charge in [0.15, 0.2) is 0 Å². The predicted molar refractivity (Wildman–Crippen MR) is 121 cm³/mol. The van der Waals surface area contributed by atoms with Gasteiger partial charge >= 0.3 is 183 Å². The molecule has 0 saturated heterocycles. The van der Waals surface area contributed by atoms with Crippen molar-refractivity contribution < 1.29 is 19.3 Å². The van der Waals surface area contributed by atoms with Crippen molar-refractivity contribution >= 4 is 37.6 Å². The van der Waals surface area contributed by atoms with E-state index in [1.165, 1.54) is 0 Å². The van der Waals surface area contributed by atoms with Gasteiger partial charge in [0.25, 0.3) is 0 Å². The minimum atomic E-state index is -0.475. The van der Waals surface area contributed by atoms with Crippen LogP contribution in [0.3, 0.4) is 0 Å². The topological polar surface area (TPSA) is 63.7 Å². The van der Waals surface area contributed by atoms with Crippen molar-refractivity contribution in [2.24, 2.45) is 0 Å². The monoisotopic (exact) mass is 466 g/mol. The fraction of sp³-hybridized carbons (Fsp3) is 0.250. The van der Waals surface area contributed by atoms with Gasteiger partial charge in [-0.05, 0) is 0 Å². The van der Waals surface area contributed by atoms with E-state index >= 15 is 0 Å². The van der Waals surface area contributed by atoms with Crippen LogP contribution in [0.1, 0.15) is 0 Å². The average molecular weight is 466 g/mol. The summed E-state index contributed by atoms with van der Waals surface area (Å²) < 4.78 is 17.1. The van der Waals surface area contributed by atoms with Crippen LogP contribution in [0.4, 0.5) is 0 Å². The van der Waals surface area contributed by atoms with Crippen LogP contribution in [-0.4, -0.2) is 52.3 Å². The van der Waals surface area contributed by atoms with Crippen LogP contribution in [0.15, 0.2) is 66.7 Å². The zero-order valence-electron chi connectivity index (χ0n) is 16.9. The average Bonchev–Trinajstić information content (AvgIpc) is 3.17. The number of H-pyrrole nitrogens is 1. The second-order valence-corrected chi connectivity index (χ2v) is 9.59. The molecule has 0 aliphatic carbocycles. The molecule has 3 aromatic carbocycles. The molecule has 0 fully saturated rings. The summed E-state index contributed by atoms with van der Waals surface area (Å²) in [6.45, 7) is 0.921. The number of fused-ring (bicyclic) bond motifs is 3. The number of rotatable bonds is 10. The van der Waals surface area contributed by atoms with Crippen LogP contribution in [0.25, 0.3) is 21.8 Å². The Hall–Kier alpha value is -2.62. The van der Waals surface area contributed by atoms with Crippen LogP contribution < -0.4 is 14.2 Å². The molecule has 0 amide bonds. The van der Waals surface area contributed by atoms with Crippen molar-refractivity contribution in [1.82, 2.24) is 4.98 Å². The molecule has 1 atom stereocenters. The van der Waals surface area contributed by atoms with Crippen molar-refractivity contribution in [1.29, 1.82) is 0 Å². The molecule has 1 unspecified atom stereocenters. The van der Waals surface area contributed by atoms with Gasteiger partial charge in [-0.2, -0.15) is 0 Å². The number of benzene rings is 3. The molecule has 4 rings (SSSR count). The summed E-state index contributed by atoms with van der Waals surface area (Å²) in [5, 5.41) is 14.3.